The average Bonchev–Trinajstić information content (AvgIpc) is 2.97. The van der Waals surface area contributed by atoms with Crippen molar-refractivity contribution in [2.75, 3.05) is 17.3 Å². The Labute approximate surface area is 242 Å². The van der Waals surface area contributed by atoms with Crippen LogP contribution in [0.3, 0.4) is 0 Å². The maximum atomic E-state index is 14.0. The summed E-state index contributed by atoms with van der Waals surface area (Å²) < 4.78 is 5.35. The van der Waals surface area contributed by atoms with Gasteiger partial charge in [0.1, 0.15) is 17.6 Å². The molecule has 216 valence electrons. The lowest BCUT2D eigenvalue weighted by Gasteiger charge is -2.34. The predicted molar refractivity (Wildman–Crippen MR) is 161 cm³/mol. The van der Waals surface area contributed by atoms with Crippen molar-refractivity contribution in [3.05, 3.63) is 83.6 Å². The van der Waals surface area contributed by atoms with Gasteiger partial charge in [-0.25, -0.2) is 4.98 Å². The first-order valence-corrected chi connectivity index (χ1v) is 14.4. The van der Waals surface area contributed by atoms with Crippen LogP contribution in [-0.2, 0) is 14.4 Å². The zero-order chi connectivity index (χ0) is 29.2. The van der Waals surface area contributed by atoms with Crippen molar-refractivity contribution in [2.45, 2.75) is 77.3 Å². The summed E-state index contributed by atoms with van der Waals surface area (Å²) in [6.07, 6.45) is 7.41. The van der Waals surface area contributed by atoms with Crippen LogP contribution in [0, 0.1) is 13.8 Å². The van der Waals surface area contributed by atoms with Gasteiger partial charge in [0.2, 0.25) is 17.7 Å². The van der Waals surface area contributed by atoms with Crippen LogP contribution in [0.1, 0.15) is 74.1 Å². The van der Waals surface area contributed by atoms with Gasteiger partial charge >= 0.3 is 0 Å². The topological polar surface area (TPSA) is 101 Å². The summed E-state index contributed by atoms with van der Waals surface area (Å²) in [6.45, 7) is 3.95. The van der Waals surface area contributed by atoms with Gasteiger partial charge in [-0.3, -0.25) is 19.3 Å². The minimum absolute atomic E-state index is 0.0864. The molecule has 8 nitrogen and oxygen atoms in total. The van der Waals surface area contributed by atoms with E-state index in [1.807, 2.05) is 56.3 Å². The van der Waals surface area contributed by atoms with Gasteiger partial charge in [-0.1, -0.05) is 55.2 Å². The summed E-state index contributed by atoms with van der Waals surface area (Å²) in [5.74, 6) is 0.505. The summed E-state index contributed by atoms with van der Waals surface area (Å²) in [5, 5.41) is 6.01. The zero-order valence-electron chi connectivity index (χ0n) is 24.2. The highest BCUT2D eigenvalue weighted by Gasteiger charge is 2.34. The van der Waals surface area contributed by atoms with Crippen LogP contribution in [0.4, 0.5) is 11.5 Å². The molecule has 2 N–H and O–H groups in total. The number of carbonyl (C=O) groups is 3. The third kappa shape index (κ3) is 8.16. The summed E-state index contributed by atoms with van der Waals surface area (Å²) in [5.41, 5.74) is 3.34. The highest BCUT2D eigenvalue weighted by atomic mass is 16.5. The van der Waals surface area contributed by atoms with Gasteiger partial charge in [-0.05, 0) is 74.6 Å². The van der Waals surface area contributed by atoms with E-state index in [1.165, 1.54) is 6.42 Å². The Morgan fingerprint density at radius 3 is 2.39 bits per heavy atom. The molecular weight excluding hydrogens is 516 g/mol. The molecule has 0 aliphatic heterocycles. The maximum Gasteiger partial charge on any atom is 0.248 e. The molecule has 1 aliphatic carbocycles. The second kappa shape index (κ2) is 14.4. The Morgan fingerprint density at radius 2 is 1.73 bits per heavy atom. The number of amides is 3. The van der Waals surface area contributed by atoms with Gasteiger partial charge in [0.15, 0.2) is 0 Å². The molecule has 41 heavy (non-hydrogen) atoms. The van der Waals surface area contributed by atoms with Crippen LogP contribution in [0.15, 0.2) is 66.9 Å². The number of benzene rings is 2. The van der Waals surface area contributed by atoms with Crippen molar-refractivity contribution in [2.24, 2.45) is 0 Å². The summed E-state index contributed by atoms with van der Waals surface area (Å²) >= 11 is 0. The van der Waals surface area contributed by atoms with Gasteiger partial charge in [0.25, 0.3) is 0 Å². The predicted octanol–water partition coefficient (Wildman–Crippen LogP) is 6.04. The van der Waals surface area contributed by atoms with Gasteiger partial charge in [-0.15, -0.1) is 0 Å². The smallest absolute Gasteiger partial charge is 0.248 e. The van der Waals surface area contributed by atoms with Gasteiger partial charge in [0.05, 0.1) is 7.11 Å². The molecule has 1 aromatic heterocycles. The number of pyridine rings is 1. The molecule has 3 amide bonds. The number of aromatic nitrogens is 1. The van der Waals surface area contributed by atoms with Gasteiger partial charge in [0, 0.05) is 30.8 Å². The molecule has 2 aromatic carbocycles. The number of anilines is 2. The number of ether oxygens (including phenoxy) is 1. The molecule has 0 bridgehead atoms. The number of hydrogen-bond donors (Lipinski definition) is 2. The number of rotatable bonds is 11. The highest BCUT2D eigenvalue weighted by Crippen LogP contribution is 2.33. The molecule has 4 rings (SSSR count). The minimum atomic E-state index is -0.876. The van der Waals surface area contributed by atoms with Crippen LogP contribution in [-0.4, -0.2) is 35.9 Å². The fraction of sp³-hybridized carbons (Fsp3) is 0.394. The normalized spacial score (nSPS) is 14.1. The number of aryl methyl sites for hydroxylation is 2. The molecule has 0 unspecified atom stereocenters. The van der Waals surface area contributed by atoms with E-state index < -0.39 is 6.04 Å². The van der Waals surface area contributed by atoms with E-state index in [1.54, 1.807) is 36.4 Å². The number of hydrogen-bond acceptors (Lipinski definition) is 5. The Hall–Kier alpha value is -4.20. The summed E-state index contributed by atoms with van der Waals surface area (Å²) in [4.78, 5) is 46.3. The largest absolute Gasteiger partial charge is 0.497 e. The Morgan fingerprint density at radius 1 is 0.976 bits per heavy atom. The van der Waals surface area contributed by atoms with Gasteiger partial charge in [-0.2, -0.15) is 0 Å². The standard InChI is InChI=1S/C33H40N4O4/c1-23-15-20-28(24(2)22-23)37(31(39)14-9-13-30(38)36-29-12-7-8-21-34-29)32(25-16-18-27(41-3)19-17-25)33(40)35-26-10-5-4-6-11-26/h7-8,12,15-22,26,32H,4-6,9-11,13-14H2,1-3H3,(H,35,40)(H,34,36,38)/t32-/m0/s1. The molecule has 8 heteroatoms. The fourth-order valence-electron chi connectivity index (χ4n) is 5.39. The number of methoxy groups -OCH3 is 1. The van der Waals surface area contributed by atoms with Crippen LogP contribution in [0.25, 0.3) is 0 Å². The Bertz CT molecular complexity index is 1320. The first-order chi connectivity index (χ1) is 19.9. The molecule has 1 saturated carbocycles. The Kier molecular flexibility index (Phi) is 10.5. The first kappa shape index (κ1) is 29.8. The number of nitrogens with one attached hydrogen (secondary N) is 2. The van der Waals surface area contributed by atoms with E-state index in [-0.39, 0.29) is 36.6 Å². The molecule has 1 fully saturated rings. The van der Waals surface area contributed by atoms with Crippen molar-refractivity contribution < 1.29 is 19.1 Å². The molecule has 3 aromatic rings. The summed E-state index contributed by atoms with van der Waals surface area (Å²) in [6, 6.07) is 17.7. The lowest BCUT2D eigenvalue weighted by Crippen LogP contribution is -2.47. The average molecular weight is 557 g/mol. The monoisotopic (exact) mass is 556 g/mol. The Balaban J connectivity index is 1.61. The molecule has 1 aliphatic rings. The molecule has 0 saturated heterocycles. The molecule has 1 heterocycles. The molecule has 1 atom stereocenters. The SMILES string of the molecule is COc1ccc([C@@H](C(=O)NC2CCCCC2)N(C(=O)CCCC(=O)Nc2ccccn2)c2ccc(C)cc2C)cc1. The van der Waals surface area contributed by atoms with Crippen molar-refractivity contribution >= 4 is 29.2 Å². The van der Waals surface area contributed by atoms with Crippen LogP contribution in [0.2, 0.25) is 0 Å². The highest BCUT2D eigenvalue weighted by molar-refractivity contribution is 6.02. The fourth-order valence-corrected chi connectivity index (χ4v) is 5.39. The second-order valence-corrected chi connectivity index (χ2v) is 10.7. The zero-order valence-corrected chi connectivity index (χ0v) is 24.2. The van der Waals surface area contributed by atoms with Gasteiger partial charge < -0.3 is 15.4 Å². The van der Waals surface area contributed by atoms with E-state index in [9.17, 15) is 14.4 Å². The van der Waals surface area contributed by atoms with Crippen molar-refractivity contribution in [1.29, 1.82) is 0 Å². The van der Waals surface area contributed by atoms with E-state index in [4.69, 9.17) is 4.74 Å². The van der Waals surface area contributed by atoms with Crippen LogP contribution < -0.4 is 20.3 Å². The maximum absolute atomic E-state index is 14.0. The molecule has 0 radical (unpaired) electrons. The van der Waals surface area contributed by atoms with Crippen LogP contribution in [0.5, 0.6) is 5.75 Å². The first-order valence-electron chi connectivity index (χ1n) is 14.4. The van der Waals surface area contributed by atoms with Crippen molar-refractivity contribution in [1.82, 2.24) is 10.3 Å². The van der Waals surface area contributed by atoms with Crippen molar-refractivity contribution in [3.63, 3.8) is 0 Å². The van der Waals surface area contributed by atoms with Crippen molar-refractivity contribution in [3.8, 4) is 5.75 Å². The third-order valence-electron chi connectivity index (χ3n) is 7.50. The van der Waals surface area contributed by atoms with Crippen LogP contribution >= 0.6 is 0 Å². The third-order valence-corrected chi connectivity index (χ3v) is 7.50. The molecule has 0 spiro atoms. The number of carbonyl (C=O) groups excluding carboxylic acids is 3. The van der Waals surface area contributed by atoms with E-state index in [2.05, 4.69) is 15.6 Å². The molecular formula is C33H40N4O4. The second-order valence-electron chi connectivity index (χ2n) is 10.7. The lowest BCUT2D eigenvalue weighted by molar-refractivity contribution is -0.127. The quantitative estimate of drug-likeness (QED) is 0.300. The summed E-state index contributed by atoms with van der Waals surface area (Å²) in [7, 11) is 1.60. The van der Waals surface area contributed by atoms with E-state index in [0.717, 1.165) is 36.8 Å². The van der Waals surface area contributed by atoms with E-state index in [0.29, 0.717) is 29.2 Å². The van der Waals surface area contributed by atoms with E-state index >= 15 is 0 Å². The number of nitrogens with zero attached hydrogens (tertiary/aromatic N) is 2. The lowest BCUT2D eigenvalue weighted by atomic mass is 9.94. The minimum Gasteiger partial charge on any atom is -0.497 e.